The molecule has 40 heavy (non-hydrogen) atoms. The van der Waals surface area contributed by atoms with Crippen LogP contribution in [0.4, 0.5) is 0 Å². The first kappa shape index (κ1) is 38.8. The molecule has 0 saturated carbocycles. The first-order valence-electron chi connectivity index (χ1n) is 13.6. The van der Waals surface area contributed by atoms with Crippen molar-refractivity contribution >= 4 is 0 Å². The fraction of sp³-hybridized carbons (Fsp3) is 1.00. The fourth-order valence-corrected chi connectivity index (χ4v) is 2.56. The van der Waals surface area contributed by atoms with Gasteiger partial charge in [-0.1, -0.05) is 5.11 Å². The topological polar surface area (TPSA) is 186 Å². The number of hydrogen-bond donors (Lipinski definition) is 1. The van der Waals surface area contributed by atoms with E-state index in [4.69, 9.17) is 63.5 Å². The normalized spacial score (nSPS) is 11.2. The Morgan fingerprint density at radius 1 is 0.350 bits per heavy atom. The predicted molar refractivity (Wildman–Crippen MR) is 143 cm³/mol. The van der Waals surface area contributed by atoms with Crippen molar-refractivity contribution in [3.8, 4) is 0 Å². The van der Waals surface area contributed by atoms with Crippen LogP contribution in [0.15, 0.2) is 5.11 Å². The van der Waals surface area contributed by atoms with Crippen LogP contribution in [0.5, 0.6) is 0 Å². The van der Waals surface area contributed by atoms with Crippen molar-refractivity contribution in [2.24, 2.45) is 11.0 Å². The summed E-state index contributed by atoms with van der Waals surface area (Å²) in [5.41, 5.74) is 8.12. The molecule has 16 heteroatoms. The Hall–Kier alpha value is -1.21. The molecule has 0 unspecified atom stereocenters. The summed E-state index contributed by atoms with van der Waals surface area (Å²) in [6.07, 6.45) is 0. The average molecular weight is 587 g/mol. The van der Waals surface area contributed by atoms with E-state index < -0.39 is 0 Å². The van der Waals surface area contributed by atoms with E-state index in [9.17, 15) is 0 Å². The maximum absolute atomic E-state index is 8.12. The zero-order chi connectivity index (χ0) is 28.9. The van der Waals surface area contributed by atoms with Gasteiger partial charge in [0.2, 0.25) is 0 Å². The van der Waals surface area contributed by atoms with Gasteiger partial charge in [-0.15, -0.1) is 0 Å². The van der Waals surface area contributed by atoms with Crippen molar-refractivity contribution in [3.05, 3.63) is 10.4 Å². The second-order valence-corrected chi connectivity index (χ2v) is 7.56. The van der Waals surface area contributed by atoms with Gasteiger partial charge in [-0.3, -0.25) is 0 Å². The maximum atomic E-state index is 8.12. The number of nitrogens with zero attached hydrogens (tertiary/aromatic N) is 3. The predicted octanol–water partition coefficient (Wildman–Crippen LogP) is 0.370. The van der Waals surface area contributed by atoms with Crippen LogP contribution < -0.4 is 5.90 Å². The number of nitrogens with two attached hydrogens (primary N) is 1. The third-order valence-electron chi connectivity index (χ3n) is 4.46. The monoisotopic (exact) mass is 586 g/mol. The second kappa shape index (κ2) is 37.8. The van der Waals surface area contributed by atoms with Crippen molar-refractivity contribution < 1.29 is 56.9 Å². The second-order valence-electron chi connectivity index (χ2n) is 7.56. The highest BCUT2D eigenvalue weighted by Crippen LogP contribution is 1.87. The minimum Gasteiger partial charge on any atom is -0.379 e. The molecule has 0 spiro atoms. The highest BCUT2D eigenvalue weighted by Gasteiger charge is 1.96. The van der Waals surface area contributed by atoms with Crippen LogP contribution in [-0.4, -0.2) is 159 Å². The van der Waals surface area contributed by atoms with Gasteiger partial charge in [0.05, 0.1) is 152 Å². The van der Waals surface area contributed by atoms with Crippen molar-refractivity contribution in [3.63, 3.8) is 0 Å². The Balaban J connectivity index is 3.03. The summed E-state index contributed by atoms with van der Waals surface area (Å²) in [7, 11) is 0. The molecular formula is C24H50N4O12. The van der Waals surface area contributed by atoms with Gasteiger partial charge in [-0.05, 0) is 5.53 Å². The molecule has 0 fully saturated rings. The van der Waals surface area contributed by atoms with Crippen LogP contribution in [0.25, 0.3) is 10.4 Å². The van der Waals surface area contributed by atoms with Gasteiger partial charge in [0, 0.05) is 11.5 Å². The third kappa shape index (κ3) is 36.8. The molecule has 0 radical (unpaired) electrons. The molecule has 238 valence electrons. The minimum absolute atomic E-state index is 0.327. The summed E-state index contributed by atoms with van der Waals surface area (Å²) < 4.78 is 59.1. The molecule has 0 aromatic carbocycles. The quantitative estimate of drug-likeness (QED) is 0.0349. The Morgan fingerprint density at radius 3 is 0.750 bits per heavy atom. The lowest BCUT2D eigenvalue weighted by Gasteiger charge is -2.09. The average Bonchev–Trinajstić information content (AvgIpc) is 2.97. The summed E-state index contributed by atoms with van der Waals surface area (Å²) in [5.74, 6) is 4.88. The third-order valence-corrected chi connectivity index (χ3v) is 4.46. The molecule has 0 bridgehead atoms. The van der Waals surface area contributed by atoms with Gasteiger partial charge in [0.1, 0.15) is 0 Å². The molecule has 0 aliphatic carbocycles. The lowest BCUT2D eigenvalue weighted by atomic mass is 10.6. The first-order valence-corrected chi connectivity index (χ1v) is 13.6. The van der Waals surface area contributed by atoms with Gasteiger partial charge in [0.15, 0.2) is 0 Å². The summed E-state index contributed by atoms with van der Waals surface area (Å²) >= 11 is 0. The van der Waals surface area contributed by atoms with Gasteiger partial charge in [-0.2, -0.15) is 0 Å². The zero-order valence-electron chi connectivity index (χ0n) is 23.8. The van der Waals surface area contributed by atoms with Gasteiger partial charge in [-0.25, -0.2) is 5.90 Å². The van der Waals surface area contributed by atoms with Crippen LogP contribution in [0.1, 0.15) is 0 Å². The van der Waals surface area contributed by atoms with Crippen LogP contribution in [0, 0.1) is 0 Å². The molecule has 0 atom stereocenters. The van der Waals surface area contributed by atoms with Crippen molar-refractivity contribution in [2.75, 3.05) is 159 Å². The van der Waals surface area contributed by atoms with E-state index in [1.165, 1.54) is 0 Å². The molecular weight excluding hydrogens is 536 g/mol. The highest BCUT2D eigenvalue weighted by molar-refractivity contribution is 4.44. The zero-order valence-corrected chi connectivity index (χ0v) is 23.8. The van der Waals surface area contributed by atoms with Gasteiger partial charge < -0.3 is 56.9 Å². The van der Waals surface area contributed by atoms with Crippen LogP contribution >= 0.6 is 0 Å². The maximum Gasteiger partial charge on any atom is 0.0913 e. The van der Waals surface area contributed by atoms with E-state index in [0.717, 1.165) is 0 Å². The number of azide groups is 1. The summed E-state index contributed by atoms with van der Waals surface area (Å²) in [6, 6.07) is 0. The molecule has 0 aliphatic rings. The molecule has 0 rings (SSSR count). The van der Waals surface area contributed by atoms with Gasteiger partial charge in [0.25, 0.3) is 0 Å². The van der Waals surface area contributed by atoms with Crippen molar-refractivity contribution in [1.29, 1.82) is 0 Å². The van der Waals surface area contributed by atoms with Crippen LogP contribution in [0.2, 0.25) is 0 Å². The van der Waals surface area contributed by atoms with E-state index in [2.05, 4.69) is 14.9 Å². The van der Waals surface area contributed by atoms with E-state index in [0.29, 0.717) is 159 Å². The largest absolute Gasteiger partial charge is 0.379 e. The first-order chi connectivity index (χ1) is 19.9. The molecule has 0 aromatic heterocycles. The molecule has 16 nitrogen and oxygen atoms in total. The Kier molecular flexibility index (Phi) is 36.6. The Morgan fingerprint density at radius 2 is 0.550 bits per heavy atom. The molecule has 0 amide bonds. The van der Waals surface area contributed by atoms with E-state index >= 15 is 0 Å². The van der Waals surface area contributed by atoms with Crippen molar-refractivity contribution in [2.45, 2.75) is 0 Å². The standard InChI is InChI=1S/C24H50N4O12/c25-28-27-1-2-29-3-4-30-5-6-31-7-8-32-9-10-33-11-12-34-13-14-35-15-16-36-17-18-37-19-20-38-21-22-39-23-24-40-26/h1-24,26H2. The van der Waals surface area contributed by atoms with E-state index in [1.54, 1.807) is 0 Å². The summed E-state index contributed by atoms with van der Waals surface area (Å²) in [5, 5.41) is 3.37. The lowest BCUT2D eigenvalue weighted by molar-refractivity contribution is -0.0283. The summed E-state index contributed by atoms with van der Waals surface area (Å²) in [4.78, 5) is 7.02. The molecule has 0 aliphatic heterocycles. The number of hydrogen-bond acceptors (Lipinski definition) is 14. The van der Waals surface area contributed by atoms with E-state index in [-0.39, 0.29) is 0 Å². The number of ether oxygens (including phenoxy) is 11. The molecule has 0 heterocycles. The smallest absolute Gasteiger partial charge is 0.0913 e. The number of rotatable bonds is 36. The summed E-state index contributed by atoms with van der Waals surface area (Å²) in [6.45, 7) is 11.5. The van der Waals surface area contributed by atoms with E-state index in [1.807, 2.05) is 0 Å². The highest BCUT2D eigenvalue weighted by atomic mass is 16.6. The SMILES string of the molecule is [N-]=[N+]=NCCOCCOCCOCCOCCOCCOCCOCCOCCOCCOCCOCCON. The minimum atomic E-state index is 0.327. The Bertz CT molecular complexity index is 522. The molecule has 0 aromatic rings. The van der Waals surface area contributed by atoms with Crippen molar-refractivity contribution in [1.82, 2.24) is 0 Å². The lowest BCUT2D eigenvalue weighted by Crippen LogP contribution is -2.15. The van der Waals surface area contributed by atoms with Gasteiger partial charge >= 0.3 is 0 Å². The van der Waals surface area contributed by atoms with Crippen LogP contribution in [0.3, 0.4) is 0 Å². The molecule has 2 N–H and O–H groups in total. The molecule has 0 saturated heterocycles. The fourth-order valence-electron chi connectivity index (χ4n) is 2.56. The Labute approximate surface area is 237 Å². The van der Waals surface area contributed by atoms with Crippen LogP contribution in [-0.2, 0) is 56.9 Å².